The Labute approximate surface area is 120 Å². The Bertz CT molecular complexity index is 487. The maximum absolute atomic E-state index is 12.5. The van der Waals surface area contributed by atoms with Crippen LogP contribution in [0.25, 0.3) is 0 Å². The van der Waals surface area contributed by atoms with Crippen LogP contribution >= 0.6 is 0 Å². The van der Waals surface area contributed by atoms with E-state index in [0.717, 1.165) is 31.6 Å². The minimum Gasteiger partial charge on any atom is -0.507 e. The summed E-state index contributed by atoms with van der Waals surface area (Å²) >= 11 is 0. The number of carbonyl (C=O) groups excluding carboxylic acids is 1. The van der Waals surface area contributed by atoms with Gasteiger partial charge in [0.15, 0.2) is 0 Å². The molecule has 1 aliphatic rings. The number of rotatable bonds is 3. The van der Waals surface area contributed by atoms with Gasteiger partial charge in [-0.15, -0.1) is 0 Å². The third-order valence-electron chi connectivity index (χ3n) is 4.04. The molecule has 110 valence electrons. The van der Waals surface area contributed by atoms with Crippen LogP contribution in [0.3, 0.4) is 0 Å². The van der Waals surface area contributed by atoms with Gasteiger partial charge in [-0.05, 0) is 37.9 Å². The van der Waals surface area contributed by atoms with Crippen molar-refractivity contribution in [3.8, 4) is 5.75 Å². The van der Waals surface area contributed by atoms with E-state index < -0.39 is 0 Å². The molecule has 4 nitrogen and oxygen atoms in total. The molecular formula is C16H24N2O2. The highest BCUT2D eigenvalue weighted by atomic mass is 16.3. The second kappa shape index (κ2) is 6.27. The third kappa shape index (κ3) is 3.12. The van der Waals surface area contributed by atoms with E-state index >= 15 is 0 Å². The number of nitrogens with zero attached hydrogens (tertiary/aromatic N) is 1. The molecule has 0 aromatic heterocycles. The minimum atomic E-state index is -0.0620. The van der Waals surface area contributed by atoms with Crippen molar-refractivity contribution in [3.63, 3.8) is 0 Å². The quantitative estimate of drug-likeness (QED) is 0.889. The minimum absolute atomic E-state index is 0.0620. The van der Waals surface area contributed by atoms with Gasteiger partial charge in [-0.1, -0.05) is 25.5 Å². The summed E-state index contributed by atoms with van der Waals surface area (Å²) < 4.78 is 0. The predicted octanol–water partition coefficient (Wildman–Crippen LogP) is 2.16. The number of phenolic OH excluding ortho intramolecular Hbond substituents is 1. The molecule has 0 spiro atoms. The van der Waals surface area contributed by atoms with E-state index in [1.54, 1.807) is 12.1 Å². The Hall–Kier alpha value is -1.55. The van der Waals surface area contributed by atoms with E-state index in [0.29, 0.717) is 17.5 Å². The van der Waals surface area contributed by atoms with E-state index in [1.807, 2.05) is 17.9 Å². The van der Waals surface area contributed by atoms with Gasteiger partial charge in [0.25, 0.3) is 5.91 Å². The maximum atomic E-state index is 12.5. The summed E-state index contributed by atoms with van der Waals surface area (Å²) in [7, 11) is 0. The highest BCUT2D eigenvalue weighted by Gasteiger charge is 2.29. The number of hydrogen-bond acceptors (Lipinski definition) is 3. The van der Waals surface area contributed by atoms with Crippen molar-refractivity contribution in [1.82, 2.24) is 10.2 Å². The number of piperidine rings is 1. The van der Waals surface area contributed by atoms with Gasteiger partial charge in [-0.2, -0.15) is 0 Å². The van der Waals surface area contributed by atoms with Crippen LogP contribution in [0.15, 0.2) is 18.2 Å². The Balaban J connectivity index is 2.09. The largest absolute Gasteiger partial charge is 0.507 e. The van der Waals surface area contributed by atoms with Crippen molar-refractivity contribution in [2.24, 2.45) is 5.92 Å². The number of hydrogen-bond donors (Lipinski definition) is 2. The van der Waals surface area contributed by atoms with E-state index in [9.17, 15) is 9.90 Å². The molecule has 0 saturated carbocycles. The molecule has 1 saturated heterocycles. The summed E-state index contributed by atoms with van der Waals surface area (Å²) in [4.78, 5) is 14.4. The summed E-state index contributed by atoms with van der Waals surface area (Å²) in [5, 5.41) is 13.3. The second-order valence-electron chi connectivity index (χ2n) is 5.70. The van der Waals surface area contributed by atoms with Crippen molar-refractivity contribution in [1.29, 1.82) is 0 Å². The summed E-state index contributed by atoms with van der Waals surface area (Å²) in [6.45, 7) is 8.65. The van der Waals surface area contributed by atoms with Gasteiger partial charge in [0.2, 0.25) is 0 Å². The normalized spacial score (nSPS) is 22.9. The lowest BCUT2D eigenvalue weighted by molar-refractivity contribution is 0.0643. The molecule has 1 aromatic carbocycles. The van der Waals surface area contributed by atoms with Crippen molar-refractivity contribution < 1.29 is 9.90 Å². The monoisotopic (exact) mass is 276 g/mol. The zero-order chi connectivity index (χ0) is 14.7. The van der Waals surface area contributed by atoms with E-state index in [-0.39, 0.29) is 11.7 Å². The van der Waals surface area contributed by atoms with Gasteiger partial charge in [-0.3, -0.25) is 4.79 Å². The standard InChI is InChI=1S/C16H24N2O2/c1-4-17-14-7-8-18(10-12(14)3)16(20)13-9-11(2)5-6-15(13)19/h5-6,9,12,14,17,19H,4,7-8,10H2,1-3H3. The summed E-state index contributed by atoms with van der Waals surface area (Å²) in [6.07, 6.45) is 0.966. The van der Waals surface area contributed by atoms with Crippen LogP contribution in [-0.4, -0.2) is 41.6 Å². The Morgan fingerprint density at radius 3 is 2.90 bits per heavy atom. The molecule has 2 atom stereocenters. The summed E-state index contributed by atoms with van der Waals surface area (Å²) in [5.41, 5.74) is 1.40. The highest BCUT2D eigenvalue weighted by Crippen LogP contribution is 2.24. The molecule has 0 aliphatic carbocycles. The van der Waals surface area contributed by atoms with Crippen LogP contribution in [-0.2, 0) is 0 Å². The number of nitrogens with one attached hydrogen (secondary N) is 1. The van der Waals surface area contributed by atoms with Crippen molar-refractivity contribution in [2.45, 2.75) is 33.2 Å². The van der Waals surface area contributed by atoms with Gasteiger partial charge < -0.3 is 15.3 Å². The lowest BCUT2D eigenvalue weighted by atomic mass is 9.93. The zero-order valence-electron chi connectivity index (χ0n) is 12.5. The van der Waals surface area contributed by atoms with Crippen molar-refractivity contribution >= 4 is 5.91 Å². The topological polar surface area (TPSA) is 52.6 Å². The molecule has 1 amide bonds. The average molecular weight is 276 g/mol. The van der Waals surface area contributed by atoms with Crippen molar-refractivity contribution in [3.05, 3.63) is 29.3 Å². The number of benzene rings is 1. The molecular weight excluding hydrogens is 252 g/mol. The van der Waals surface area contributed by atoms with Gasteiger partial charge >= 0.3 is 0 Å². The molecule has 1 aliphatic heterocycles. The predicted molar refractivity (Wildman–Crippen MR) is 80.0 cm³/mol. The summed E-state index contributed by atoms with van der Waals surface area (Å²) in [5.74, 6) is 0.440. The van der Waals surface area contributed by atoms with E-state index in [1.165, 1.54) is 0 Å². The number of aryl methyl sites for hydroxylation is 1. The van der Waals surface area contributed by atoms with Crippen LogP contribution in [0.1, 0.15) is 36.2 Å². The molecule has 0 bridgehead atoms. The first-order valence-electron chi connectivity index (χ1n) is 7.35. The van der Waals surface area contributed by atoms with Crippen LogP contribution < -0.4 is 5.32 Å². The number of aromatic hydroxyl groups is 1. The van der Waals surface area contributed by atoms with Crippen LogP contribution in [0.4, 0.5) is 0 Å². The van der Waals surface area contributed by atoms with Crippen molar-refractivity contribution in [2.75, 3.05) is 19.6 Å². The molecule has 1 heterocycles. The number of carbonyl (C=O) groups is 1. The lowest BCUT2D eigenvalue weighted by Gasteiger charge is -2.37. The van der Waals surface area contributed by atoms with E-state index in [4.69, 9.17) is 0 Å². The molecule has 0 radical (unpaired) electrons. The third-order valence-corrected chi connectivity index (χ3v) is 4.04. The van der Waals surface area contributed by atoms with E-state index in [2.05, 4.69) is 19.2 Å². The smallest absolute Gasteiger partial charge is 0.257 e. The molecule has 2 rings (SSSR count). The fourth-order valence-electron chi connectivity index (χ4n) is 2.89. The van der Waals surface area contributed by atoms with Gasteiger partial charge in [0.05, 0.1) is 5.56 Å². The number of amides is 1. The molecule has 4 heteroatoms. The first-order chi connectivity index (χ1) is 9.52. The highest BCUT2D eigenvalue weighted by molar-refractivity contribution is 5.97. The summed E-state index contributed by atoms with van der Waals surface area (Å²) in [6, 6.07) is 5.65. The van der Waals surface area contributed by atoms with Crippen LogP contribution in [0, 0.1) is 12.8 Å². The molecule has 1 fully saturated rings. The molecule has 2 N–H and O–H groups in total. The fraction of sp³-hybridized carbons (Fsp3) is 0.562. The van der Waals surface area contributed by atoms with Gasteiger partial charge in [-0.25, -0.2) is 0 Å². The first-order valence-corrected chi connectivity index (χ1v) is 7.35. The number of likely N-dealkylation sites (tertiary alicyclic amines) is 1. The number of phenols is 1. The first kappa shape index (κ1) is 14.9. The maximum Gasteiger partial charge on any atom is 0.257 e. The average Bonchev–Trinajstić information content (AvgIpc) is 2.43. The van der Waals surface area contributed by atoms with Gasteiger partial charge in [0.1, 0.15) is 5.75 Å². The van der Waals surface area contributed by atoms with Gasteiger partial charge in [0, 0.05) is 19.1 Å². The van der Waals surface area contributed by atoms with Crippen LogP contribution in [0.5, 0.6) is 5.75 Å². The second-order valence-corrected chi connectivity index (χ2v) is 5.70. The zero-order valence-corrected chi connectivity index (χ0v) is 12.5. The Kier molecular flexibility index (Phi) is 4.65. The Morgan fingerprint density at radius 2 is 2.25 bits per heavy atom. The molecule has 1 aromatic rings. The molecule has 2 unspecified atom stereocenters. The fourth-order valence-corrected chi connectivity index (χ4v) is 2.89. The Morgan fingerprint density at radius 1 is 1.50 bits per heavy atom. The lowest BCUT2D eigenvalue weighted by Crippen LogP contribution is -2.50. The van der Waals surface area contributed by atoms with Crippen LogP contribution in [0.2, 0.25) is 0 Å². The molecule has 20 heavy (non-hydrogen) atoms. The SMILES string of the molecule is CCNC1CCN(C(=O)c2cc(C)ccc2O)CC1C.